The molecule has 2 N–H and O–H groups in total. The molecule has 1 aromatic heterocycles. The highest BCUT2D eigenvalue weighted by Crippen LogP contribution is 2.32. The van der Waals surface area contributed by atoms with Gasteiger partial charge in [0.1, 0.15) is 11.6 Å². The van der Waals surface area contributed by atoms with Crippen LogP contribution in [-0.4, -0.2) is 14.7 Å². The first-order chi connectivity index (χ1) is 9.24. The van der Waals surface area contributed by atoms with Crippen molar-refractivity contribution in [2.24, 2.45) is 7.05 Å². The van der Waals surface area contributed by atoms with Crippen molar-refractivity contribution in [2.75, 3.05) is 0 Å². The highest BCUT2D eigenvalue weighted by molar-refractivity contribution is 5.38. The minimum absolute atomic E-state index is 0.313. The van der Waals surface area contributed by atoms with E-state index < -0.39 is 0 Å². The molecule has 1 unspecified atom stereocenters. The third-order valence-electron chi connectivity index (χ3n) is 3.87. The van der Waals surface area contributed by atoms with Gasteiger partial charge in [0.15, 0.2) is 0 Å². The van der Waals surface area contributed by atoms with Crippen molar-refractivity contribution in [1.29, 1.82) is 0 Å². The van der Waals surface area contributed by atoms with Crippen LogP contribution in [0.3, 0.4) is 0 Å². The van der Waals surface area contributed by atoms with Crippen molar-refractivity contribution in [2.45, 2.75) is 31.8 Å². The molecule has 1 atom stereocenters. The van der Waals surface area contributed by atoms with Crippen LogP contribution in [0, 0.1) is 0 Å². The lowest BCUT2D eigenvalue weighted by molar-refractivity contribution is 0.439. The van der Waals surface area contributed by atoms with Crippen LogP contribution < -0.4 is 5.32 Å². The lowest BCUT2D eigenvalue weighted by Gasteiger charge is -2.26. The molecule has 4 heteroatoms. The number of aromatic hydroxyl groups is 1. The average molecular weight is 257 g/mol. The van der Waals surface area contributed by atoms with Crippen LogP contribution in [0.25, 0.3) is 0 Å². The minimum atomic E-state index is 0.313. The number of fused-ring (bicyclic) bond motifs is 1. The van der Waals surface area contributed by atoms with E-state index in [2.05, 4.69) is 10.3 Å². The molecular weight excluding hydrogens is 238 g/mol. The molecule has 0 saturated heterocycles. The molecule has 0 aliphatic heterocycles. The van der Waals surface area contributed by atoms with Crippen molar-refractivity contribution in [3.8, 4) is 5.75 Å². The summed E-state index contributed by atoms with van der Waals surface area (Å²) in [6, 6.07) is 6.02. The number of benzene rings is 1. The van der Waals surface area contributed by atoms with E-state index in [9.17, 15) is 5.11 Å². The number of rotatable bonds is 3. The molecule has 1 aliphatic carbocycles. The third-order valence-corrected chi connectivity index (χ3v) is 3.87. The maximum absolute atomic E-state index is 9.66. The quantitative estimate of drug-likeness (QED) is 0.887. The number of imidazole rings is 1. The van der Waals surface area contributed by atoms with Gasteiger partial charge in [-0.1, -0.05) is 6.07 Å². The van der Waals surface area contributed by atoms with Crippen LogP contribution in [0.1, 0.15) is 35.8 Å². The topological polar surface area (TPSA) is 50.1 Å². The summed E-state index contributed by atoms with van der Waals surface area (Å²) < 4.78 is 2.03. The summed E-state index contributed by atoms with van der Waals surface area (Å²) in [4.78, 5) is 4.32. The highest BCUT2D eigenvalue weighted by Gasteiger charge is 2.20. The molecule has 2 aromatic rings. The molecule has 0 saturated carbocycles. The maximum Gasteiger partial charge on any atom is 0.122 e. The number of aryl methyl sites for hydroxylation is 2. The highest BCUT2D eigenvalue weighted by atomic mass is 16.3. The Balaban J connectivity index is 1.76. The van der Waals surface area contributed by atoms with Crippen LogP contribution in [0.2, 0.25) is 0 Å². The number of phenols is 1. The van der Waals surface area contributed by atoms with E-state index in [4.69, 9.17) is 0 Å². The summed E-state index contributed by atoms with van der Waals surface area (Å²) in [6.45, 7) is 0.753. The van der Waals surface area contributed by atoms with Gasteiger partial charge < -0.3 is 15.0 Å². The van der Waals surface area contributed by atoms with Gasteiger partial charge in [-0.3, -0.25) is 0 Å². The molecule has 100 valence electrons. The van der Waals surface area contributed by atoms with Gasteiger partial charge in [0.05, 0.1) is 6.54 Å². The van der Waals surface area contributed by atoms with Gasteiger partial charge in [0, 0.05) is 25.5 Å². The molecule has 3 rings (SSSR count). The average Bonchev–Trinajstić information content (AvgIpc) is 2.82. The molecule has 1 heterocycles. The largest absolute Gasteiger partial charge is 0.508 e. The van der Waals surface area contributed by atoms with Crippen LogP contribution in [0.4, 0.5) is 0 Å². The zero-order chi connectivity index (χ0) is 13.2. The van der Waals surface area contributed by atoms with Crippen LogP contribution in [0.5, 0.6) is 5.75 Å². The molecule has 0 spiro atoms. The molecule has 4 nitrogen and oxygen atoms in total. The minimum Gasteiger partial charge on any atom is -0.508 e. The first-order valence-electron chi connectivity index (χ1n) is 6.75. The van der Waals surface area contributed by atoms with Crippen LogP contribution >= 0.6 is 0 Å². The number of hydrogen-bond acceptors (Lipinski definition) is 3. The maximum atomic E-state index is 9.66. The Morgan fingerprint density at radius 1 is 1.47 bits per heavy atom. The van der Waals surface area contributed by atoms with E-state index in [1.165, 1.54) is 17.5 Å². The number of aromatic nitrogens is 2. The summed E-state index contributed by atoms with van der Waals surface area (Å²) in [7, 11) is 2.00. The van der Waals surface area contributed by atoms with Gasteiger partial charge in [-0.05, 0) is 42.5 Å². The second-order valence-electron chi connectivity index (χ2n) is 5.16. The predicted molar refractivity (Wildman–Crippen MR) is 73.8 cm³/mol. The lowest BCUT2D eigenvalue weighted by atomic mass is 9.87. The molecule has 19 heavy (non-hydrogen) atoms. The van der Waals surface area contributed by atoms with Crippen molar-refractivity contribution >= 4 is 0 Å². The molecule has 0 fully saturated rings. The standard InChI is InChI=1S/C15H19N3O/c1-18-8-7-16-15(18)10-17-14-4-2-3-11-5-6-12(19)9-13(11)14/h5-9,14,17,19H,2-4,10H2,1H3. The van der Waals surface area contributed by atoms with E-state index in [0.29, 0.717) is 11.8 Å². The smallest absolute Gasteiger partial charge is 0.122 e. The second-order valence-corrected chi connectivity index (χ2v) is 5.16. The third kappa shape index (κ3) is 2.49. The molecule has 0 amide bonds. The Labute approximate surface area is 113 Å². The lowest BCUT2D eigenvalue weighted by Crippen LogP contribution is -2.26. The molecule has 1 aliphatic rings. The van der Waals surface area contributed by atoms with E-state index in [-0.39, 0.29) is 0 Å². The second kappa shape index (κ2) is 5.05. The predicted octanol–water partition coefficient (Wildman–Crippen LogP) is 2.29. The van der Waals surface area contributed by atoms with E-state index >= 15 is 0 Å². The monoisotopic (exact) mass is 257 g/mol. The van der Waals surface area contributed by atoms with E-state index in [0.717, 1.165) is 25.2 Å². The summed E-state index contributed by atoms with van der Waals surface area (Å²) in [5.41, 5.74) is 2.59. The summed E-state index contributed by atoms with van der Waals surface area (Å²) in [5.74, 6) is 1.39. The van der Waals surface area contributed by atoms with Crippen molar-refractivity contribution in [3.63, 3.8) is 0 Å². The summed E-state index contributed by atoms with van der Waals surface area (Å²) >= 11 is 0. The normalized spacial score (nSPS) is 18.3. The van der Waals surface area contributed by atoms with Gasteiger partial charge in [0.25, 0.3) is 0 Å². The molecule has 0 bridgehead atoms. The number of nitrogens with one attached hydrogen (secondary N) is 1. The van der Waals surface area contributed by atoms with E-state index in [1.807, 2.05) is 36.1 Å². The van der Waals surface area contributed by atoms with Gasteiger partial charge in [0.2, 0.25) is 0 Å². The van der Waals surface area contributed by atoms with Crippen molar-refractivity contribution < 1.29 is 5.11 Å². The van der Waals surface area contributed by atoms with Gasteiger partial charge in [-0.2, -0.15) is 0 Å². The van der Waals surface area contributed by atoms with Gasteiger partial charge >= 0.3 is 0 Å². The van der Waals surface area contributed by atoms with Gasteiger partial charge in [-0.25, -0.2) is 4.98 Å². The molecule has 1 aromatic carbocycles. The Bertz CT molecular complexity index is 577. The Morgan fingerprint density at radius 3 is 3.16 bits per heavy atom. The SMILES string of the molecule is Cn1ccnc1CNC1CCCc2ccc(O)cc21. The summed E-state index contributed by atoms with van der Waals surface area (Å²) in [6.07, 6.45) is 7.18. The summed E-state index contributed by atoms with van der Waals surface area (Å²) in [5, 5.41) is 13.2. The van der Waals surface area contributed by atoms with Gasteiger partial charge in [-0.15, -0.1) is 0 Å². The van der Waals surface area contributed by atoms with E-state index in [1.54, 1.807) is 6.07 Å². The Morgan fingerprint density at radius 2 is 2.37 bits per heavy atom. The number of phenolic OH excluding ortho intramolecular Hbond substituents is 1. The number of nitrogens with zero attached hydrogens (tertiary/aromatic N) is 2. The first-order valence-corrected chi connectivity index (χ1v) is 6.75. The zero-order valence-electron chi connectivity index (χ0n) is 11.1. The first kappa shape index (κ1) is 12.2. The van der Waals surface area contributed by atoms with Crippen LogP contribution in [-0.2, 0) is 20.0 Å². The Kier molecular flexibility index (Phi) is 3.25. The fraction of sp³-hybridized carbons (Fsp3) is 0.400. The molecule has 0 radical (unpaired) electrons. The van der Waals surface area contributed by atoms with Crippen LogP contribution in [0.15, 0.2) is 30.6 Å². The van der Waals surface area contributed by atoms with Crippen molar-refractivity contribution in [1.82, 2.24) is 14.9 Å². The molecular formula is C15H19N3O. The fourth-order valence-corrected chi connectivity index (χ4v) is 2.78. The zero-order valence-corrected chi connectivity index (χ0v) is 11.1. The van der Waals surface area contributed by atoms with Crippen molar-refractivity contribution in [3.05, 3.63) is 47.5 Å². The Hall–Kier alpha value is -1.81. The number of hydrogen-bond donors (Lipinski definition) is 2. The fourth-order valence-electron chi connectivity index (χ4n) is 2.78.